The van der Waals surface area contributed by atoms with Crippen molar-refractivity contribution in [3.63, 3.8) is 0 Å². The van der Waals surface area contributed by atoms with Gasteiger partial charge in [0.25, 0.3) is 0 Å². The first-order chi connectivity index (χ1) is 7.19. The Morgan fingerprint density at radius 3 is 2.87 bits per heavy atom. The summed E-state index contributed by atoms with van der Waals surface area (Å²) >= 11 is 0. The summed E-state index contributed by atoms with van der Waals surface area (Å²) in [6.07, 6.45) is -0.808. The largest absolute Gasteiger partial charge is 0.394 e. The predicted octanol–water partition coefficient (Wildman–Crippen LogP) is 0.632. The van der Waals surface area contributed by atoms with Gasteiger partial charge in [0.15, 0.2) is 0 Å². The maximum Gasteiger partial charge on any atom is 0.102 e. The number of nitrogens with zero attached hydrogens (tertiary/aromatic N) is 1. The van der Waals surface area contributed by atoms with Gasteiger partial charge in [-0.25, -0.2) is 0 Å². The number of aliphatic hydroxyl groups is 2. The van der Waals surface area contributed by atoms with Crippen LogP contribution in [0, 0.1) is 18.3 Å². The van der Waals surface area contributed by atoms with Crippen molar-refractivity contribution >= 4 is 5.69 Å². The van der Waals surface area contributed by atoms with Gasteiger partial charge in [-0.1, -0.05) is 12.1 Å². The van der Waals surface area contributed by atoms with Crippen molar-refractivity contribution in [3.05, 3.63) is 29.3 Å². The lowest BCUT2D eigenvalue weighted by Gasteiger charge is -2.12. The normalized spacial score (nSPS) is 11.9. The molecule has 15 heavy (non-hydrogen) atoms. The molecule has 1 aromatic rings. The van der Waals surface area contributed by atoms with Crippen molar-refractivity contribution < 1.29 is 10.2 Å². The molecule has 80 valence electrons. The van der Waals surface area contributed by atoms with E-state index in [-0.39, 0.29) is 13.2 Å². The van der Waals surface area contributed by atoms with Gasteiger partial charge in [-0.2, -0.15) is 5.26 Å². The van der Waals surface area contributed by atoms with Gasteiger partial charge in [-0.3, -0.25) is 0 Å². The molecule has 3 N–H and O–H groups in total. The van der Waals surface area contributed by atoms with E-state index in [4.69, 9.17) is 15.5 Å². The molecule has 1 atom stereocenters. The molecule has 0 aliphatic heterocycles. The molecule has 1 aromatic carbocycles. The number of aliphatic hydroxyl groups excluding tert-OH is 2. The van der Waals surface area contributed by atoms with E-state index in [0.717, 1.165) is 5.56 Å². The minimum absolute atomic E-state index is 0.231. The van der Waals surface area contributed by atoms with Crippen molar-refractivity contribution in [2.45, 2.75) is 13.0 Å². The standard InChI is InChI=1S/C11H14N2O2/c1-8-3-2-4-11(10(8)5-12)13-6-9(15)7-14/h2-4,9,13-15H,6-7H2,1H3. The van der Waals surface area contributed by atoms with Gasteiger partial charge in [0.2, 0.25) is 0 Å². The van der Waals surface area contributed by atoms with Crippen molar-refractivity contribution in [1.82, 2.24) is 0 Å². The zero-order valence-corrected chi connectivity index (χ0v) is 8.57. The molecule has 0 bridgehead atoms. The van der Waals surface area contributed by atoms with Crippen molar-refractivity contribution in [2.24, 2.45) is 0 Å². The average Bonchev–Trinajstić information content (AvgIpc) is 2.25. The second-order valence-corrected chi connectivity index (χ2v) is 3.33. The van der Waals surface area contributed by atoms with Gasteiger partial charge < -0.3 is 15.5 Å². The van der Waals surface area contributed by atoms with E-state index in [2.05, 4.69) is 11.4 Å². The number of nitriles is 1. The van der Waals surface area contributed by atoms with Crippen LogP contribution in [0.1, 0.15) is 11.1 Å². The molecule has 1 unspecified atom stereocenters. The van der Waals surface area contributed by atoms with Crippen molar-refractivity contribution in [3.8, 4) is 6.07 Å². The molecule has 0 amide bonds. The van der Waals surface area contributed by atoms with Gasteiger partial charge in [0.05, 0.1) is 24.0 Å². The molecule has 4 heteroatoms. The minimum Gasteiger partial charge on any atom is -0.394 e. The molecule has 0 aromatic heterocycles. The lowest BCUT2D eigenvalue weighted by atomic mass is 10.1. The number of hydrogen-bond donors (Lipinski definition) is 3. The first-order valence-corrected chi connectivity index (χ1v) is 4.71. The zero-order valence-electron chi connectivity index (χ0n) is 8.57. The van der Waals surface area contributed by atoms with Crippen LogP contribution >= 0.6 is 0 Å². The molecule has 0 spiro atoms. The van der Waals surface area contributed by atoms with Crippen LogP contribution in [0.25, 0.3) is 0 Å². The Morgan fingerprint density at radius 2 is 2.27 bits per heavy atom. The number of benzene rings is 1. The fraction of sp³-hybridized carbons (Fsp3) is 0.364. The van der Waals surface area contributed by atoms with Crippen LogP contribution in [0.4, 0.5) is 5.69 Å². The van der Waals surface area contributed by atoms with Gasteiger partial charge in [-0.05, 0) is 18.6 Å². The Balaban J connectivity index is 2.77. The molecule has 0 saturated heterocycles. The van der Waals surface area contributed by atoms with E-state index < -0.39 is 6.10 Å². The lowest BCUT2D eigenvalue weighted by molar-refractivity contribution is 0.105. The summed E-state index contributed by atoms with van der Waals surface area (Å²) in [7, 11) is 0. The van der Waals surface area contributed by atoms with Crippen LogP contribution in [0.5, 0.6) is 0 Å². The molecular formula is C11H14N2O2. The summed E-state index contributed by atoms with van der Waals surface area (Å²) < 4.78 is 0. The van der Waals surface area contributed by atoms with Gasteiger partial charge in [-0.15, -0.1) is 0 Å². The van der Waals surface area contributed by atoms with E-state index >= 15 is 0 Å². The van der Waals surface area contributed by atoms with Crippen LogP contribution in [-0.4, -0.2) is 29.5 Å². The molecule has 0 radical (unpaired) electrons. The third kappa shape index (κ3) is 2.94. The highest BCUT2D eigenvalue weighted by Crippen LogP contribution is 2.17. The first-order valence-electron chi connectivity index (χ1n) is 4.71. The van der Waals surface area contributed by atoms with Gasteiger partial charge >= 0.3 is 0 Å². The number of aryl methyl sites for hydroxylation is 1. The Hall–Kier alpha value is -1.57. The second kappa shape index (κ2) is 5.35. The van der Waals surface area contributed by atoms with Crippen LogP contribution < -0.4 is 5.32 Å². The van der Waals surface area contributed by atoms with E-state index in [1.54, 1.807) is 6.07 Å². The maximum atomic E-state index is 9.16. The molecule has 4 nitrogen and oxygen atoms in total. The summed E-state index contributed by atoms with van der Waals surface area (Å²) in [5, 5.41) is 29.6. The molecule has 0 aliphatic rings. The Morgan fingerprint density at radius 1 is 1.53 bits per heavy atom. The Bertz CT molecular complexity index is 371. The van der Waals surface area contributed by atoms with Crippen LogP contribution in [0.2, 0.25) is 0 Å². The van der Waals surface area contributed by atoms with E-state index in [1.165, 1.54) is 0 Å². The highest BCUT2D eigenvalue weighted by molar-refractivity contribution is 5.60. The molecule has 0 heterocycles. The fourth-order valence-electron chi connectivity index (χ4n) is 1.26. The number of nitrogens with one attached hydrogen (secondary N) is 1. The topological polar surface area (TPSA) is 76.3 Å². The molecule has 0 saturated carbocycles. The van der Waals surface area contributed by atoms with Crippen LogP contribution in [0.15, 0.2) is 18.2 Å². The predicted molar refractivity (Wildman–Crippen MR) is 57.5 cm³/mol. The third-order valence-corrected chi connectivity index (χ3v) is 2.12. The number of rotatable bonds is 4. The Labute approximate surface area is 88.8 Å². The van der Waals surface area contributed by atoms with Gasteiger partial charge in [0, 0.05) is 6.54 Å². The van der Waals surface area contributed by atoms with E-state index in [9.17, 15) is 0 Å². The lowest BCUT2D eigenvalue weighted by Crippen LogP contribution is -2.23. The highest BCUT2D eigenvalue weighted by Gasteiger charge is 2.06. The summed E-state index contributed by atoms with van der Waals surface area (Å²) in [6.45, 7) is 1.79. The SMILES string of the molecule is Cc1cccc(NCC(O)CO)c1C#N. The smallest absolute Gasteiger partial charge is 0.102 e. The highest BCUT2D eigenvalue weighted by atomic mass is 16.3. The van der Waals surface area contributed by atoms with Gasteiger partial charge in [0.1, 0.15) is 6.07 Å². The Kier molecular flexibility index (Phi) is 4.10. The summed E-state index contributed by atoms with van der Waals surface area (Å²) in [4.78, 5) is 0. The molecular weight excluding hydrogens is 192 g/mol. The summed E-state index contributed by atoms with van der Waals surface area (Å²) in [5.41, 5.74) is 2.15. The maximum absolute atomic E-state index is 9.16. The number of anilines is 1. The molecule has 0 fully saturated rings. The monoisotopic (exact) mass is 206 g/mol. The van der Waals surface area contributed by atoms with Crippen LogP contribution in [-0.2, 0) is 0 Å². The third-order valence-electron chi connectivity index (χ3n) is 2.12. The quantitative estimate of drug-likeness (QED) is 0.675. The summed E-state index contributed by atoms with van der Waals surface area (Å²) in [5.74, 6) is 0. The minimum atomic E-state index is -0.808. The summed E-state index contributed by atoms with van der Waals surface area (Å²) in [6, 6.07) is 7.56. The van der Waals surface area contributed by atoms with E-state index in [0.29, 0.717) is 11.3 Å². The molecule has 1 rings (SSSR count). The first kappa shape index (κ1) is 11.5. The van der Waals surface area contributed by atoms with Crippen molar-refractivity contribution in [2.75, 3.05) is 18.5 Å². The zero-order chi connectivity index (χ0) is 11.3. The molecule has 0 aliphatic carbocycles. The fourth-order valence-corrected chi connectivity index (χ4v) is 1.26. The number of hydrogen-bond acceptors (Lipinski definition) is 4. The van der Waals surface area contributed by atoms with Crippen molar-refractivity contribution in [1.29, 1.82) is 5.26 Å². The van der Waals surface area contributed by atoms with E-state index in [1.807, 2.05) is 19.1 Å². The second-order valence-electron chi connectivity index (χ2n) is 3.33. The average molecular weight is 206 g/mol. The van der Waals surface area contributed by atoms with Crippen LogP contribution in [0.3, 0.4) is 0 Å².